The van der Waals surface area contributed by atoms with Crippen LogP contribution in [0.3, 0.4) is 0 Å². The Balaban J connectivity index is 1.75. The van der Waals surface area contributed by atoms with Crippen LogP contribution in [0.1, 0.15) is 12.0 Å². The largest absolute Gasteiger partial charge is 0.409 e. The molecule has 3 rings (SSSR count). The number of benzene rings is 2. The maximum atomic E-state index is 13.8. The first kappa shape index (κ1) is 23.3. The number of nitrogens with one attached hydrogen (secondary N) is 2. The number of alkyl halides is 3. The number of carbonyl (C=O) groups excluding carboxylic acids is 3. The average molecular weight is 448 g/mol. The van der Waals surface area contributed by atoms with Crippen LogP contribution in [0, 0.1) is 6.92 Å². The number of amides is 3. The minimum Gasteiger partial charge on any atom is -0.325 e. The van der Waals surface area contributed by atoms with Crippen LogP contribution in [0.5, 0.6) is 0 Å². The zero-order valence-corrected chi connectivity index (χ0v) is 17.6. The summed E-state index contributed by atoms with van der Waals surface area (Å²) in [5, 5.41) is 5.09. The van der Waals surface area contributed by atoms with E-state index < -0.39 is 42.9 Å². The Morgan fingerprint density at radius 2 is 1.78 bits per heavy atom. The topological polar surface area (TPSA) is 81.8 Å². The number of para-hydroxylation sites is 2. The molecule has 1 aliphatic heterocycles. The van der Waals surface area contributed by atoms with E-state index >= 15 is 0 Å². The molecule has 0 spiro atoms. The van der Waals surface area contributed by atoms with Gasteiger partial charge >= 0.3 is 6.18 Å². The smallest absolute Gasteiger partial charge is 0.325 e. The number of anilines is 3. The fourth-order valence-corrected chi connectivity index (χ4v) is 3.44. The number of halogens is 3. The van der Waals surface area contributed by atoms with E-state index in [1.807, 2.05) is 19.1 Å². The van der Waals surface area contributed by atoms with Crippen molar-refractivity contribution >= 4 is 34.8 Å². The second kappa shape index (κ2) is 9.39. The van der Waals surface area contributed by atoms with Crippen molar-refractivity contribution in [3.8, 4) is 0 Å². The Hall–Kier alpha value is -3.40. The predicted molar refractivity (Wildman–Crippen MR) is 114 cm³/mol. The van der Waals surface area contributed by atoms with Crippen LogP contribution >= 0.6 is 0 Å². The van der Waals surface area contributed by atoms with Gasteiger partial charge in [0, 0.05) is 5.69 Å². The van der Waals surface area contributed by atoms with Gasteiger partial charge < -0.3 is 10.6 Å². The van der Waals surface area contributed by atoms with Crippen molar-refractivity contribution in [3.05, 3.63) is 54.1 Å². The van der Waals surface area contributed by atoms with Gasteiger partial charge in [0.25, 0.3) is 0 Å². The number of fused-ring (bicyclic) bond motifs is 1. The van der Waals surface area contributed by atoms with Crippen molar-refractivity contribution in [3.63, 3.8) is 0 Å². The van der Waals surface area contributed by atoms with Gasteiger partial charge in [-0.25, -0.2) is 0 Å². The summed E-state index contributed by atoms with van der Waals surface area (Å²) < 4.78 is 41.3. The molecule has 0 aliphatic carbocycles. The lowest BCUT2D eigenvalue weighted by atomic mass is 10.1. The van der Waals surface area contributed by atoms with Gasteiger partial charge in [-0.15, -0.1) is 0 Å². The maximum Gasteiger partial charge on any atom is 0.409 e. The molecule has 0 aromatic heterocycles. The molecule has 1 atom stereocenters. The van der Waals surface area contributed by atoms with Crippen LogP contribution in [-0.2, 0) is 14.4 Å². The summed E-state index contributed by atoms with van der Waals surface area (Å²) in [6, 6.07) is 10.6. The molecule has 0 radical (unpaired) electrons. The maximum absolute atomic E-state index is 13.8. The van der Waals surface area contributed by atoms with Crippen LogP contribution in [0.4, 0.5) is 30.2 Å². The Morgan fingerprint density at radius 3 is 2.44 bits per heavy atom. The SMILES string of the molecule is Cc1ccc(NC(=O)CN(C)CC(=O)N2c3ccccc3NC(=O)CC2C(F)(F)F)cc1. The molecule has 1 heterocycles. The van der Waals surface area contributed by atoms with E-state index in [1.165, 1.54) is 30.1 Å². The highest BCUT2D eigenvalue weighted by molar-refractivity contribution is 6.05. The molecule has 0 bridgehead atoms. The second-order valence-electron chi connectivity index (χ2n) is 7.68. The van der Waals surface area contributed by atoms with Gasteiger partial charge in [0.2, 0.25) is 17.7 Å². The first-order valence-corrected chi connectivity index (χ1v) is 9.87. The molecular formula is C22H23F3N4O3. The van der Waals surface area contributed by atoms with Gasteiger partial charge in [-0.2, -0.15) is 13.2 Å². The van der Waals surface area contributed by atoms with Crippen LogP contribution in [0.2, 0.25) is 0 Å². The monoisotopic (exact) mass is 448 g/mol. The third-order valence-electron chi connectivity index (χ3n) is 4.93. The van der Waals surface area contributed by atoms with E-state index in [4.69, 9.17) is 0 Å². The van der Waals surface area contributed by atoms with Crippen molar-refractivity contribution in [1.82, 2.24) is 4.90 Å². The normalized spacial score (nSPS) is 16.2. The number of likely N-dealkylation sites (N-methyl/N-ethyl adjacent to an activating group) is 1. The zero-order valence-electron chi connectivity index (χ0n) is 17.6. The first-order chi connectivity index (χ1) is 15.0. The number of rotatable bonds is 5. The Bertz CT molecular complexity index is 1010. The molecule has 2 aromatic rings. The quantitative estimate of drug-likeness (QED) is 0.736. The summed E-state index contributed by atoms with van der Waals surface area (Å²) in [5.74, 6) is -2.12. The van der Waals surface area contributed by atoms with Crippen LogP contribution < -0.4 is 15.5 Å². The minimum atomic E-state index is -4.81. The summed E-state index contributed by atoms with van der Waals surface area (Å²) in [6.45, 7) is 1.25. The summed E-state index contributed by atoms with van der Waals surface area (Å²) in [5.41, 5.74) is 1.68. The number of hydrogen-bond acceptors (Lipinski definition) is 4. The Kier molecular flexibility index (Phi) is 6.83. The van der Waals surface area contributed by atoms with Crippen molar-refractivity contribution in [2.45, 2.75) is 25.6 Å². The second-order valence-corrected chi connectivity index (χ2v) is 7.68. The van der Waals surface area contributed by atoms with Crippen LogP contribution in [0.15, 0.2) is 48.5 Å². The highest BCUT2D eigenvalue weighted by Crippen LogP contribution is 2.37. The fourth-order valence-electron chi connectivity index (χ4n) is 3.44. The van der Waals surface area contributed by atoms with Crippen molar-refractivity contribution in [2.75, 3.05) is 35.7 Å². The van der Waals surface area contributed by atoms with Gasteiger partial charge in [-0.1, -0.05) is 29.8 Å². The lowest BCUT2D eigenvalue weighted by Crippen LogP contribution is -2.52. The zero-order chi connectivity index (χ0) is 23.5. The average Bonchev–Trinajstić information content (AvgIpc) is 2.85. The molecule has 0 saturated carbocycles. The molecule has 10 heteroatoms. The van der Waals surface area contributed by atoms with E-state index in [9.17, 15) is 27.6 Å². The van der Waals surface area contributed by atoms with E-state index in [-0.39, 0.29) is 17.9 Å². The van der Waals surface area contributed by atoms with E-state index in [2.05, 4.69) is 10.6 Å². The van der Waals surface area contributed by atoms with Gasteiger partial charge in [-0.3, -0.25) is 24.2 Å². The fraction of sp³-hybridized carbons (Fsp3) is 0.318. The molecule has 32 heavy (non-hydrogen) atoms. The summed E-state index contributed by atoms with van der Waals surface area (Å²) in [4.78, 5) is 39.2. The molecule has 3 amide bonds. The van der Waals surface area contributed by atoms with Crippen molar-refractivity contribution in [1.29, 1.82) is 0 Å². The summed E-state index contributed by atoms with van der Waals surface area (Å²) in [7, 11) is 1.46. The standard InChI is InChI=1S/C22H23F3N4O3/c1-14-7-9-15(10-8-14)26-20(31)12-28(2)13-21(32)29-17-6-4-3-5-16(17)27-19(30)11-18(29)22(23,24)25/h3-10,18H,11-13H2,1-2H3,(H,26,31)(H,27,30). The van der Waals surface area contributed by atoms with Gasteiger partial charge in [0.15, 0.2) is 0 Å². The number of aryl methyl sites for hydroxylation is 1. The van der Waals surface area contributed by atoms with Gasteiger partial charge in [0.1, 0.15) is 6.04 Å². The molecule has 170 valence electrons. The van der Waals surface area contributed by atoms with Crippen LogP contribution in [-0.4, -0.2) is 55.0 Å². The first-order valence-electron chi connectivity index (χ1n) is 9.87. The highest BCUT2D eigenvalue weighted by atomic mass is 19.4. The molecule has 1 unspecified atom stereocenters. The van der Waals surface area contributed by atoms with E-state index in [0.717, 1.165) is 5.56 Å². The van der Waals surface area contributed by atoms with E-state index in [0.29, 0.717) is 10.6 Å². The molecule has 2 aromatic carbocycles. The molecule has 2 N–H and O–H groups in total. The number of hydrogen-bond donors (Lipinski definition) is 2. The van der Waals surface area contributed by atoms with Crippen LogP contribution in [0.25, 0.3) is 0 Å². The summed E-state index contributed by atoms with van der Waals surface area (Å²) in [6.07, 6.45) is -5.73. The molecular weight excluding hydrogens is 425 g/mol. The molecule has 0 saturated heterocycles. The van der Waals surface area contributed by atoms with E-state index in [1.54, 1.807) is 18.2 Å². The summed E-state index contributed by atoms with van der Waals surface area (Å²) >= 11 is 0. The molecule has 0 fully saturated rings. The van der Waals surface area contributed by atoms with Gasteiger partial charge in [-0.05, 0) is 38.2 Å². The third-order valence-corrected chi connectivity index (χ3v) is 4.93. The predicted octanol–water partition coefficient (Wildman–Crippen LogP) is 3.17. The third kappa shape index (κ3) is 5.64. The Morgan fingerprint density at radius 1 is 1.12 bits per heavy atom. The molecule has 1 aliphatic rings. The lowest BCUT2D eigenvalue weighted by Gasteiger charge is -2.32. The molecule has 7 nitrogen and oxygen atoms in total. The van der Waals surface area contributed by atoms with Crippen molar-refractivity contribution in [2.24, 2.45) is 0 Å². The number of carbonyl (C=O) groups is 3. The Labute approximate surface area is 183 Å². The van der Waals surface area contributed by atoms with Crippen molar-refractivity contribution < 1.29 is 27.6 Å². The number of nitrogens with zero attached hydrogens (tertiary/aromatic N) is 2. The van der Waals surface area contributed by atoms with Gasteiger partial charge in [0.05, 0.1) is 30.9 Å². The minimum absolute atomic E-state index is 0.0387. The lowest BCUT2D eigenvalue weighted by molar-refractivity contribution is -0.158. The highest BCUT2D eigenvalue weighted by Gasteiger charge is 2.49.